The molecule has 0 aliphatic heterocycles. The van der Waals surface area contributed by atoms with E-state index in [1.807, 2.05) is 18.2 Å². The van der Waals surface area contributed by atoms with Crippen molar-refractivity contribution in [3.63, 3.8) is 0 Å². The molecule has 1 aromatic rings. The lowest BCUT2D eigenvalue weighted by Crippen LogP contribution is -2.00. The Balaban J connectivity index is 2.93. The second kappa shape index (κ2) is 5.78. The third-order valence-corrected chi connectivity index (χ3v) is 2.49. The quantitative estimate of drug-likeness (QED) is 0.752. The van der Waals surface area contributed by atoms with Crippen molar-refractivity contribution < 1.29 is 10.2 Å². The molecule has 1 aromatic carbocycles. The molecule has 0 radical (unpaired) electrons. The molecule has 0 atom stereocenters. The van der Waals surface area contributed by atoms with Crippen LogP contribution in [-0.2, 0) is 19.6 Å². The van der Waals surface area contributed by atoms with E-state index in [0.29, 0.717) is 0 Å². The van der Waals surface area contributed by atoms with Gasteiger partial charge in [0.2, 0.25) is 0 Å². The number of benzene rings is 1. The third kappa shape index (κ3) is 2.56. The molecule has 0 aliphatic rings. The normalized spacial score (nSPS) is 10.5. The fourth-order valence-corrected chi connectivity index (χ4v) is 1.66. The Morgan fingerprint density at radius 3 is 2.07 bits per heavy atom. The van der Waals surface area contributed by atoms with Gasteiger partial charge in [0.05, 0.1) is 13.2 Å². The van der Waals surface area contributed by atoms with Crippen molar-refractivity contribution in [2.45, 2.75) is 39.4 Å². The summed E-state index contributed by atoms with van der Waals surface area (Å²) in [5.74, 6) is 0. The van der Waals surface area contributed by atoms with Crippen LogP contribution in [0, 0.1) is 0 Å². The summed E-state index contributed by atoms with van der Waals surface area (Å²) in [6.45, 7) is 2.26. The molecule has 0 heterocycles. The number of rotatable bonds is 5. The fraction of sp³-hybridized carbons (Fsp3) is 0.500. The van der Waals surface area contributed by atoms with Gasteiger partial charge in [-0.2, -0.15) is 0 Å². The van der Waals surface area contributed by atoms with Gasteiger partial charge in [0.1, 0.15) is 0 Å². The van der Waals surface area contributed by atoms with E-state index in [1.165, 1.54) is 0 Å². The number of aliphatic hydroxyl groups is 2. The number of hydrogen-bond acceptors (Lipinski definition) is 2. The Morgan fingerprint density at radius 2 is 1.64 bits per heavy atom. The van der Waals surface area contributed by atoms with Crippen LogP contribution in [-0.4, -0.2) is 10.2 Å². The van der Waals surface area contributed by atoms with Crippen molar-refractivity contribution in [2.24, 2.45) is 0 Å². The van der Waals surface area contributed by atoms with Gasteiger partial charge in [-0.05, 0) is 29.5 Å². The maximum absolute atomic E-state index is 9.16. The van der Waals surface area contributed by atoms with Crippen LogP contribution in [0.4, 0.5) is 0 Å². The van der Waals surface area contributed by atoms with Crippen LogP contribution < -0.4 is 0 Å². The van der Waals surface area contributed by atoms with E-state index in [9.17, 15) is 0 Å². The Hall–Kier alpha value is -0.860. The average molecular weight is 194 g/mol. The molecule has 2 heteroatoms. The summed E-state index contributed by atoms with van der Waals surface area (Å²) in [6.07, 6.45) is 3.18. The highest BCUT2D eigenvalue weighted by molar-refractivity contribution is 5.34. The molecular weight excluding hydrogens is 176 g/mol. The molecule has 0 bridgehead atoms. The van der Waals surface area contributed by atoms with Crippen LogP contribution in [0.1, 0.15) is 36.5 Å². The highest BCUT2D eigenvalue weighted by atomic mass is 16.3. The number of aliphatic hydroxyl groups excluding tert-OH is 2. The smallest absolute Gasteiger partial charge is 0.0684 e. The molecule has 1 rings (SSSR count). The van der Waals surface area contributed by atoms with Crippen molar-refractivity contribution in [3.8, 4) is 0 Å². The van der Waals surface area contributed by atoms with E-state index in [4.69, 9.17) is 10.2 Å². The molecule has 0 fully saturated rings. The van der Waals surface area contributed by atoms with Gasteiger partial charge in [-0.15, -0.1) is 0 Å². The minimum Gasteiger partial charge on any atom is -0.392 e. The molecule has 0 spiro atoms. The average Bonchev–Trinajstić information content (AvgIpc) is 2.25. The van der Waals surface area contributed by atoms with Gasteiger partial charge in [0, 0.05) is 0 Å². The van der Waals surface area contributed by atoms with Crippen LogP contribution in [0.15, 0.2) is 18.2 Å². The molecule has 2 nitrogen and oxygen atoms in total. The second-order valence-corrected chi connectivity index (χ2v) is 3.47. The summed E-state index contributed by atoms with van der Waals surface area (Å²) < 4.78 is 0. The van der Waals surface area contributed by atoms with E-state index in [2.05, 4.69) is 6.92 Å². The summed E-state index contributed by atoms with van der Waals surface area (Å²) in [6, 6.07) is 5.72. The van der Waals surface area contributed by atoms with Gasteiger partial charge < -0.3 is 10.2 Å². The lowest BCUT2D eigenvalue weighted by Gasteiger charge is -2.11. The maximum atomic E-state index is 9.16. The summed E-state index contributed by atoms with van der Waals surface area (Å²) >= 11 is 0. The maximum Gasteiger partial charge on any atom is 0.0684 e. The predicted octanol–water partition coefficient (Wildman–Crippen LogP) is 2.01. The Morgan fingerprint density at radius 1 is 1.07 bits per heavy atom. The molecule has 0 amide bonds. The highest BCUT2D eigenvalue weighted by Gasteiger charge is 2.05. The molecule has 0 saturated heterocycles. The van der Waals surface area contributed by atoms with Gasteiger partial charge in [-0.25, -0.2) is 0 Å². The monoisotopic (exact) mass is 194 g/mol. The largest absolute Gasteiger partial charge is 0.392 e. The first-order chi connectivity index (χ1) is 6.83. The third-order valence-electron chi connectivity index (χ3n) is 2.49. The van der Waals surface area contributed by atoms with Crippen LogP contribution >= 0.6 is 0 Å². The Bertz CT molecular complexity index is 259. The van der Waals surface area contributed by atoms with Crippen LogP contribution in [0.25, 0.3) is 0 Å². The molecule has 2 N–H and O–H groups in total. The SMILES string of the molecule is CCCCc1c(CO)cccc1CO. The summed E-state index contributed by atoms with van der Waals surface area (Å²) in [7, 11) is 0. The molecular formula is C12H18O2. The van der Waals surface area contributed by atoms with Crippen molar-refractivity contribution >= 4 is 0 Å². The van der Waals surface area contributed by atoms with Gasteiger partial charge in [-0.1, -0.05) is 31.5 Å². The molecule has 0 unspecified atom stereocenters. The van der Waals surface area contributed by atoms with Crippen molar-refractivity contribution in [1.29, 1.82) is 0 Å². The zero-order valence-electron chi connectivity index (χ0n) is 8.66. The first kappa shape index (κ1) is 11.2. The standard InChI is InChI=1S/C12H18O2/c1-2-3-7-12-10(8-13)5-4-6-11(12)9-14/h4-6,13-14H,2-3,7-9H2,1H3. The number of unbranched alkanes of at least 4 members (excludes halogenated alkanes) is 1. The minimum absolute atomic E-state index is 0.0624. The van der Waals surface area contributed by atoms with Gasteiger partial charge in [0.15, 0.2) is 0 Å². The Kier molecular flexibility index (Phi) is 4.63. The van der Waals surface area contributed by atoms with Crippen molar-refractivity contribution in [2.75, 3.05) is 0 Å². The lowest BCUT2D eigenvalue weighted by molar-refractivity contribution is 0.273. The molecule has 0 aromatic heterocycles. The molecule has 0 saturated carbocycles. The summed E-state index contributed by atoms with van der Waals surface area (Å²) in [4.78, 5) is 0. The molecule has 14 heavy (non-hydrogen) atoms. The van der Waals surface area contributed by atoms with E-state index >= 15 is 0 Å². The second-order valence-electron chi connectivity index (χ2n) is 3.47. The zero-order valence-corrected chi connectivity index (χ0v) is 8.66. The van der Waals surface area contributed by atoms with Crippen LogP contribution in [0.5, 0.6) is 0 Å². The highest BCUT2D eigenvalue weighted by Crippen LogP contribution is 2.17. The van der Waals surface area contributed by atoms with Crippen molar-refractivity contribution in [1.82, 2.24) is 0 Å². The van der Waals surface area contributed by atoms with E-state index < -0.39 is 0 Å². The molecule has 78 valence electrons. The topological polar surface area (TPSA) is 40.5 Å². The van der Waals surface area contributed by atoms with Crippen molar-refractivity contribution in [3.05, 3.63) is 34.9 Å². The number of hydrogen-bond donors (Lipinski definition) is 2. The van der Waals surface area contributed by atoms with Gasteiger partial charge >= 0.3 is 0 Å². The van der Waals surface area contributed by atoms with Crippen LogP contribution in [0.2, 0.25) is 0 Å². The summed E-state index contributed by atoms with van der Waals surface area (Å²) in [5.41, 5.74) is 3.02. The van der Waals surface area contributed by atoms with E-state index in [-0.39, 0.29) is 13.2 Å². The molecule has 0 aliphatic carbocycles. The minimum atomic E-state index is 0.0624. The van der Waals surface area contributed by atoms with Crippen LogP contribution in [0.3, 0.4) is 0 Å². The first-order valence-electron chi connectivity index (χ1n) is 5.14. The van der Waals surface area contributed by atoms with Gasteiger partial charge in [0.25, 0.3) is 0 Å². The van der Waals surface area contributed by atoms with E-state index in [0.717, 1.165) is 36.0 Å². The lowest BCUT2D eigenvalue weighted by atomic mass is 9.97. The zero-order chi connectivity index (χ0) is 10.4. The Labute approximate surface area is 85.2 Å². The first-order valence-corrected chi connectivity index (χ1v) is 5.14. The summed E-state index contributed by atoms with van der Waals surface area (Å²) in [5, 5.41) is 18.3. The predicted molar refractivity (Wildman–Crippen MR) is 56.9 cm³/mol. The fourth-order valence-electron chi connectivity index (χ4n) is 1.66. The van der Waals surface area contributed by atoms with Gasteiger partial charge in [-0.3, -0.25) is 0 Å². The van der Waals surface area contributed by atoms with E-state index in [1.54, 1.807) is 0 Å².